The number of carbonyl (C=O) groups excluding carboxylic acids is 1. The molecule has 2 aliphatic rings. The topological polar surface area (TPSA) is 71.4 Å². The van der Waals surface area contributed by atoms with Gasteiger partial charge in [-0.15, -0.1) is 0 Å². The van der Waals surface area contributed by atoms with Crippen LogP contribution < -0.4 is 14.8 Å². The molecule has 0 saturated heterocycles. The molecule has 5 heteroatoms. The average molecular weight is 300 g/mol. The standard InChI is InChI=1S/C17H20N2O3/c1-12(19-16(20)17(11-18)6-2-3-7-17)13-4-5-14-15(10-13)22-9-8-21-14/h4-5,10,12H,2-3,6-9H2,1H3,(H,19,20). The molecule has 1 aliphatic heterocycles. The summed E-state index contributed by atoms with van der Waals surface area (Å²) in [7, 11) is 0. The normalized spacial score (nSPS) is 20.0. The molecule has 1 heterocycles. The first kappa shape index (κ1) is 14.7. The highest BCUT2D eigenvalue weighted by Gasteiger charge is 2.41. The summed E-state index contributed by atoms with van der Waals surface area (Å²) in [5.41, 5.74) is 0.103. The van der Waals surface area contributed by atoms with Gasteiger partial charge in [0.2, 0.25) is 5.91 Å². The first-order chi connectivity index (χ1) is 10.6. The molecular formula is C17H20N2O3. The number of carbonyl (C=O) groups is 1. The maximum atomic E-state index is 12.5. The van der Waals surface area contributed by atoms with Crippen molar-refractivity contribution in [1.82, 2.24) is 5.32 Å². The lowest BCUT2D eigenvalue weighted by Gasteiger charge is -2.24. The Bertz CT molecular complexity index is 615. The van der Waals surface area contributed by atoms with E-state index in [0.717, 1.165) is 24.2 Å². The molecule has 1 aromatic rings. The van der Waals surface area contributed by atoms with Crippen molar-refractivity contribution < 1.29 is 14.3 Å². The summed E-state index contributed by atoms with van der Waals surface area (Å²) >= 11 is 0. The number of benzene rings is 1. The van der Waals surface area contributed by atoms with E-state index in [1.807, 2.05) is 25.1 Å². The molecule has 1 fully saturated rings. The summed E-state index contributed by atoms with van der Waals surface area (Å²) in [6.45, 7) is 3.02. The molecule has 3 rings (SSSR count). The average Bonchev–Trinajstić information content (AvgIpc) is 3.04. The van der Waals surface area contributed by atoms with Gasteiger partial charge in [0.25, 0.3) is 0 Å². The number of nitriles is 1. The Labute approximate surface area is 130 Å². The van der Waals surface area contributed by atoms with Gasteiger partial charge in [-0.05, 0) is 37.5 Å². The molecule has 1 aromatic carbocycles. The third-order valence-corrected chi connectivity index (χ3v) is 4.52. The zero-order chi connectivity index (χ0) is 15.6. The van der Waals surface area contributed by atoms with E-state index in [1.165, 1.54) is 0 Å². The molecule has 0 aromatic heterocycles. The third-order valence-electron chi connectivity index (χ3n) is 4.52. The van der Waals surface area contributed by atoms with Crippen LogP contribution in [0.4, 0.5) is 0 Å². The molecule has 1 N–H and O–H groups in total. The maximum absolute atomic E-state index is 12.5. The second kappa shape index (κ2) is 5.88. The van der Waals surface area contributed by atoms with Crippen LogP contribution in [0.3, 0.4) is 0 Å². The number of amides is 1. The second-order valence-electron chi connectivity index (χ2n) is 6.00. The summed E-state index contributed by atoms with van der Waals surface area (Å²) < 4.78 is 11.1. The van der Waals surface area contributed by atoms with Crippen LogP contribution in [-0.2, 0) is 4.79 Å². The number of nitrogens with zero attached hydrogens (tertiary/aromatic N) is 1. The van der Waals surface area contributed by atoms with Crippen molar-refractivity contribution in [3.05, 3.63) is 23.8 Å². The van der Waals surface area contributed by atoms with E-state index < -0.39 is 5.41 Å². The van der Waals surface area contributed by atoms with Crippen molar-refractivity contribution in [2.75, 3.05) is 13.2 Å². The Morgan fingerprint density at radius 1 is 1.27 bits per heavy atom. The van der Waals surface area contributed by atoms with Gasteiger partial charge < -0.3 is 14.8 Å². The van der Waals surface area contributed by atoms with Crippen LogP contribution in [0.2, 0.25) is 0 Å². The van der Waals surface area contributed by atoms with E-state index in [2.05, 4.69) is 11.4 Å². The molecule has 0 radical (unpaired) electrons. The number of rotatable bonds is 3. The molecule has 0 bridgehead atoms. The largest absolute Gasteiger partial charge is 0.486 e. The minimum Gasteiger partial charge on any atom is -0.486 e. The summed E-state index contributed by atoms with van der Waals surface area (Å²) in [4.78, 5) is 12.5. The van der Waals surface area contributed by atoms with Crippen LogP contribution in [0.1, 0.15) is 44.2 Å². The quantitative estimate of drug-likeness (QED) is 0.931. The van der Waals surface area contributed by atoms with Gasteiger partial charge in [0.15, 0.2) is 11.5 Å². The Kier molecular flexibility index (Phi) is 3.93. The van der Waals surface area contributed by atoms with Crippen molar-refractivity contribution in [2.45, 2.75) is 38.6 Å². The van der Waals surface area contributed by atoms with E-state index in [-0.39, 0.29) is 11.9 Å². The van der Waals surface area contributed by atoms with Crippen LogP contribution in [0.15, 0.2) is 18.2 Å². The summed E-state index contributed by atoms with van der Waals surface area (Å²) in [5.74, 6) is 1.29. The Balaban J connectivity index is 1.73. The molecule has 0 spiro atoms. The third kappa shape index (κ3) is 2.61. The van der Waals surface area contributed by atoms with Crippen LogP contribution >= 0.6 is 0 Å². The number of fused-ring (bicyclic) bond motifs is 1. The van der Waals surface area contributed by atoms with Gasteiger partial charge in [0, 0.05) is 0 Å². The lowest BCUT2D eigenvalue weighted by molar-refractivity contribution is -0.128. The fourth-order valence-corrected chi connectivity index (χ4v) is 3.12. The highest BCUT2D eigenvalue weighted by atomic mass is 16.6. The molecule has 116 valence electrons. The van der Waals surface area contributed by atoms with E-state index >= 15 is 0 Å². The van der Waals surface area contributed by atoms with E-state index in [0.29, 0.717) is 31.8 Å². The highest BCUT2D eigenvalue weighted by Crippen LogP contribution is 2.38. The predicted molar refractivity (Wildman–Crippen MR) is 80.5 cm³/mol. The number of hydrogen-bond acceptors (Lipinski definition) is 4. The summed E-state index contributed by atoms with van der Waals surface area (Å²) in [6, 6.07) is 7.74. The fourth-order valence-electron chi connectivity index (χ4n) is 3.12. The van der Waals surface area contributed by atoms with Crippen molar-refractivity contribution in [2.24, 2.45) is 5.41 Å². The lowest BCUT2D eigenvalue weighted by Crippen LogP contribution is -2.39. The zero-order valence-electron chi connectivity index (χ0n) is 12.7. The minimum atomic E-state index is -0.845. The molecule has 22 heavy (non-hydrogen) atoms. The van der Waals surface area contributed by atoms with Gasteiger partial charge >= 0.3 is 0 Å². The predicted octanol–water partition coefficient (Wildman–Crippen LogP) is 2.72. The summed E-state index contributed by atoms with van der Waals surface area (Å²) in [6.07, 6.45) is 3.20. The minimum absolute atomic E-state index is 0.158. The van der Waals surface area contributed by atoms with Gasteiger partial charge in [0.05, 0.1) is 12.1 Å². The number of hydrogen-bond donors (Lipinski definition) is 1. The van der Waals surface area contributed by atoms with E-state index in [1.54, 1.807) is 0 Å². The van der Waals surface area contributed by atoms with Crippen molar-refractivity contribution in [1.29, 1.82) is 5.26 Å². The first-order valence-corrected chi connectivity index (χ1v) is 7.76. The van der Waals surface area contributed by atoms with Crippen LogP contribution in [0, 0.1) is 16.7 Å². The molecular weight excluding hydrogens is 280 g/mol. The molecule has 5 nitrogen and oxygen atoms in total. The van der Waals surface area contributed by atoms with Crippen molar-refractivity contribution in [3.63, 3.8) is 0 Å². The number of ether oxygens (including phenoxy) is 2. The molecule has 1 atom stereocenters. The zero-order valence-corrected chi connectivity index (χ0v) is 12.7. The molecule has 1 aliphatic carbocycles. The SMILES string of the molecule is CC(NC(=O)C1(C#N)CCCC1)c1ccc2c(c1)OCCO2. The van der Waals surface area contributed by atoms with Gasteiger partial charge in [-0.1, -0.05) is 18.9 Å². The Morgan fingerprint density at radius 2 is 1.95 bits per heavy atom. The highest BCUT2D eigenvalue weighted by molar-refractivity contribution is 5.86. The Morgan fingerprint density at radius 3 is 2.64 bits per heavy atom. The Hall–Kier alpha value is -2.22. The molecule has 1 amide bonds. The lowest BCUT2D eigenvalue weighted by atomic mass is 9.86. The van der Waals surface area contributed by atoms with Crippen molar-refractivity contribution >= 4 is 5.91 Å². The maximum Gasteiger partial charge on any atom is 0.240 e. The monoisotopic (exact) mass is 300 g/mol. The van der Waals surface area contributed by atoms with E-state index in [4.69, 9.17) is 9.47 Å². The van der Waals surface area contributed by atoms with Gasteiger partial charge in [-0.25, -0.2) is 0 Å². The number of nitrogens with one attached hydrogen (secondary N) is 1. The van der Waals surface area contributed by atoms with Crippen LogP contribution in [0.5, 0.6) is 11.5 Å². The van der Waals surface area contributed by atoms with Crippen molar-refractivity contribution in [3.8, 4) is 17.6 Å². The summed E-state index contributed by atoms with van der Waals surface area (Å²) in [5, 5.41) is 12.4. The van der Waals surface area contributed by atoms with E-state index in [9.17, 15) is 10.1 Å². The van der Waals surface area contributed by atoms with Gasteiger partial charge in [0.1, 0.15) is 18.6 Å². The molecule has 1 unspecified atom stereocenters. The van der Waals surface area contributed by atoms with Crippen LogP contribution in [-0.4, -0.2) is 19.1 Å². The smallest absolute Gasteiger partial charge is 0.240 e. The fraction of sp³-hybridized carbons (Fsp3) is 0.529. The van der Waals surface area contributed by atoms with Gasteiger partial charge in [-0.3, -0.25) is 4.79 Å². The second-order valence-corrected chi connectivity index (χ2v) is 6.00. The molecule has 1 saturated carbocycles. The first-order valence-electron chi connectivity index (χ1n) is 7.76. The van der Waals surface area contributed by atoms with Gasteiger partial charge in [-0.2, -0.15) is 5.26 Å². The van der Waals surface area contributed by atoms with Crippen LogP contribution in [0.25, 0.3) is 0 Å².